The number of carbonyl (C=O) groups excluding carboxylic acids is 1. The van der Waals surface area contributed by atoms with Gasteiger partial charge in [-0.1, -0.05) is 18.2 Å². The van der Waals surface area contributed by atoms with Gasteiger partial charge in [-0.25, -0.2) is 4.98 Å². The fraction of sp³-hybridized carbons (Fsp3) is 0.133. The zero-order chi connectivity index (χ0) is 15.2. The van der Waals surface area contributed by atoms with Crippen molar-refractivity contribution < 1.29 is 19.4 Å². The summed E-state index contributed by atoms with van der Waals surface area (Å²) < 4.78 is 4.93. The number of anilines is 1. The Hall–Kier alpha value is -2.89. The van der Waals surface area contributed by atoms with Crippen LogP contribution in [-0.2, 0) is 11.2 Å². The molecule has 0 unspecified atom stereocenters. The summed E-state index contributed by atoms with van der Waals surface area (Å²) in [5.41, 5.74) is 1.30. The highest BCUT2D eigenvalue weighted by molar-refractivity contribution is 6.05. The van der Waals surface area contributed by atoms with Gasteiger partial charge in [-0.05, 0) is 17.7 Å². The van der Waals surface area contributed by atoms with Crippen LogP contribution in [0.15, 0.2) is 42.6 Å². The number of amides is 1. The molecule has 0 radical (unpaired) electrons. The first-order valence-corrected chi connectivity index (χ1v) is 6.21. The number of methoxy groups -OCH3 is 1. The Morgan fingerprint density at radius 2 is 2.00 bits per heavy atom. The lowest BCUT2D eigenvalue weighted by atomic mass is 10.0. The van der Waals surface area contributed by atoms with E-state index >= 15 is 0 Å². The Morgan fingerprint density at radius 1 is 1.24 bits per heavy atom. The minimum atomic E-state index is -0.985. The summed E-state index contributed by atoms with van der Waals surface area (Å²) >= 11 is 0. The number of aliphatic carboxylic acids is 1. The first-order chi connectivity index (χ1) is 10.1. The summed E-state index contributed by atoms with van der Waals surface area (Å²) in [4.78, 5) is 27.0. The van der Waals surface area contributed by atoms with E-state index in [4.69, 9.17) is 9.84 Å². The number of hydrogen-bond acceptors (Lipinski definition) is 4. The Bertz CT molecular complexity index is 653. The molecule has 0 fully saturated rings. The molecule has 2 aromatic rings. The van der Waals surface area contributed by atoms with Crippen molar-refractivity contribution in [2.24, 2.45) is 0 Å². The Balaban J connectivity index is 2.17. The van der Waals surface area contributed by atoms with Crippen LogP contribution in [0.5, 0.6) is 5.88 Å². The van der Waals surface area contributed by atoms with Gasteiger partial charge in [0, 0.05) is 11.6 Å². The minimum absolute atomic E-state index is 0.204. The van der Waals surface area contributed by atoms with E-state index in [9.17, 15) is 9.59 Å². The molecule has 6 nitrogen and oxygen atoms in total. The van der Waals surface area contributed by atoms with Crippen LogP contribution in [0.25, 0.3) is 0 Å². The quantitative estimate of drug-likeness (QED) is 0.877. The van der Waals surface area contributed by atoms with Gasteiger partial charge >= 0.3 is 5.97 Å². The molecule has 2 N–H and O–H groups in total. The number of carbonyl (C=O) groups is 2. The molecule has 1 heterocycles. The van der Waals surface area contributed by atoms with Crippen molar-refractivity contribution in [3.05, 3.63) is 53.7 Å². The number of carboxylic acids is 1. The molecule has 0 bridgehead atoms. The van der Waals surface area contributed by atoms with Gasteiger partial charge in [-0.15, -0.1) is 0 Å². The van der Waals surface area contributed by atoms with Crippen LogP contribution in [-0.4, -0.2) is 29.1 Å². The molecule has 1 amide bonds. The lowest BCUT2D eigenvalue weighted by molar-refractivity contribution is -0.136. The highest BCUT2D eigenvalue weighted by Gasteiger charge is 2.13. The van der Waals surface area contributed by atoms with E-state index in [1.165, 1.54) is 13.3 Å². The predicted octanol–water partition coefficient (Wildman–Crippen LogP) is 1.97. The van der Waals surface area contributed by atoms with E-state index in [1.54, 1.807) is 36.4 Å². The van der Waals surface area contributed by atoms with Crippen molar-refractivity contribution in [3.63, 3.8) is 0 Å². The lowest BCUT2D eigenvalue weighted by Gasteiger charge is -2.09. The number of rotatable bonds is 5. The molecule has 108 valence electrons. The molecule has 0 atom stereocenters. The van der Waals surface area contributed by atoms with E-state index in [1.807, 2.05) is 0 Å². The van der Waals surface area contributed by atoms with E-state index in [0.717, 1.165) is 0 Å². The van der Waals surface area contributed by atoms with E-state index in [0.29, 0.717) is 22.7 Å². The molecule has 1 aromatic carbocycles. The van der Waals surface area contributed by atoms with Crippen LogP contribution < -0.4 is 10.1 Å². The molecule has 0 spiro atoms. The van der Waals surface area contributed by atoms with Gasteiger partial charge in [0.05, 0.1) is 25.4 Å². The van der Waals surface area contributed by atoms with Crippen LogP contribution in [0.2, 0.25) is 0 Å². The van der Waals surface area contributed by atoms with Crippen LogP contribution in [0.4, 0.5) is 5.69 Å². The van der Waals surface area contributed by atoms with Gasteiger partial charge in [-0.2, -0.15) is 0 Å². The fourth-order valence-corrected chi connectivity index (χ4v) is 1.83. The Kier molecular flexibility index (Phi) is 4.50. The van der Waals surface area contributed by atoms with E-state index < -0.39 is 5.97 Å². The first-order valence-electron chi connectivity index (χ1n) is 6.21. The molecule has 21 heavy (non-hydrogen) atoms. The molecule has 2 rings (SSSR count). The highest BCUT2D eigenvalue weighted by Crippen LogP contribution is 2.15. The van der Waals surface area contributed by atoms with Crippen molar-refractivity contribution in [1.82, 2.24) is 4.98 Å². The topological polar surface area (TPSA) is 88.5 Å². The first kappa shape index (κ1) is 14.5. The largest absolute Gasteiger partial charge is 0.481 e. The Labute approximate surface area is 121 Å². The standard InChI is InChI=1S/C15H14N2O4/c1-21-13-7-6-11(9-16-13)17-15(20)12-5-3-2-4-10(12)8-14(18)19/h2-7,9H,8H2,1H3,(H,17,20)(H,18,19). The monoisotopic (exact) mass is 286 g/mol. The maximum absolute atomic E-state index is 12.2. The third-order valence-electron chi connectivity index (χ3n) is 2.81. The van der Waals surface area contributed by atoms with Crippen molar-refractivity contribution in [2.75, 3.05) is 12.4 Å². The summed E-state index contributed by atoms with van der Waals surface area (Å²) in [6.07, 6.45) is 1.26. The maximum Gasteiger partial charge on any atom is 0.307 e. The smallest absolute Gasteiger partial charge is 0.307 e. The molecular formula is C15H14N2O4. The summed E-state index contributed by atoms with van der Waals surface area (Å²) in [7, 11) is 1.50. The molecule has 1 aromatic heterocycles. The molecule has 6 heteroatoms. The molecule has 0 saturated carbocycles. The predicted molar refractivity (Wildman–Crippen MR) is 76.5 cm³/mol. The van der Waals surface area contributed by atoms with Crippen LogP contribution >= 0.6 is 0 Å². The second-order valence-electron chi connectivity index (χ2n) is 4.27. The van der Waals surface area contributed by atoms with Crippen molar-refractivity contribution in [1.29, 1.82) is 0 Å². The van der Waals surface area contributed by atoms with Gasteiger partial charge in [-0.3, -0.25) is 9.59 Å². The number of nitrogens with one attached hydrogen (secondary N) is 1. The third kappa shape index (κ3) is 3.79. The van der Waals surface area contributed by atoms with E-state index in [2.05, 4.69) is 10.3 Å². The molecule has 0 saturated heterocycles. The average molecular weight is 286 g/mol. The lowest BCUT2D eigenvalue weighted by Crippen LogP contribution is -2.15. The zero-order valence-corrected chi connectivity index (χ0v) is 11.4. The minimum Gasteiger partial charge on any atom is -0.481 e. The third-order valence-corrected chi connectivity index (χ3v) is 2.81. The van der Waals surface area contributed by atoms with Gasteiger partial charge in [0.1, 0.15) is 0 Å². The van der Waals surface area contributed by atoms with Crippen molar-refractivity contribution in [3.8, 4) is 5.88 Å². The van der Waals surface area contributed by atoms with Crippen molar-refractivity contribution in [2.45, 2.75) is 6.42 Å². The van der Waals surface area contributed by atoms with Crippen LogP contribution in [0.1, 0.15) is 15.9 Å². The van der Waals surface area contributed by atoms with Gasteiger partial charge in [0.15, 0.2) is 0 Å². The highest BCUT2D eigenvalue weighted by atomic mass is 16.5. The van der Waals surface area contributed by atoms with Crippen LogP contribution in [0, 0.1) is 0 Å². The van der Waals surface area contributed by atoms with Gasteiger partial charge in [0.2, 0.25) is 5.88 Å². The number of hydrogen-bond donors (Lipinski definition) is 2. The number of carboxylic acid groups (broad SMARTS) is 1. The van der Waals surface area contributed by atoms with Crippen LogP contribution in [0.3, 0.4) is 0 Å². The summed E-state index contributed by atoms with van der Waals surface area (Å²) in [6.45, 7) is 0. The normalized spacial score (nSPS) is 9.95. The Morgan fingerprint density at radius 3 is 2.62 bits per heavy atom. The van der Waals surface area contributed by atoms with Crippen molar-refractivity contribution >= 4 is 17.6 Å². The number of nitrogens with zero attached hydrogens (tertiary/aromatic N) is 1. The number of ether oxygens (including phenoxy) is 1. The number of aromatic nitrogens is 1. The summed E-state index contributed by atoms with van der Waals surface area (Å²) in [5.74, 6) is -0.917. The van der Waals surface area contributed by atoms with Gasteiger partial charge in [0.25, 0.3) is 5.91 Å². The molecule has 0 aliphatic heterocycles. The SMILES string of the molecule is COc1ccc(NC(=O)c2ccccc2CC(=O)O)cn1. The number of benzene rings is 1. The molecular weight excluding hydrogens is 272 g/mol. The second kappa shape index (κ2) is 6.51. The number of pyridine rings is 1. The maximum atomic E-state index is 12.2. The van der Waals surface area contributed by atoms with Gasteiger partial charge < -0.3 is 15.2 Å². The summed E-state index contributed by atoms with van der Waals surface area (Å²) in [6, 6.07) is 9.87. The zero-order valence-electron chi connectivity index (χ0n) is 11.4. The van der Waals surface area contributed by atoms with E-state index in [-0.39, 0.29) is 12.3 Å². The summed E-state index contributed by atoms with van der Waals surface area (Å²) in [5, 5.41) is 11.5. The molecule has 0 aliphatic rings. The molecule has 0 aliphatic carbocycles. The average Bonchev–Trinajstić information content (AvgIpc) is 2.48. The second-order valence-corrected chi connectivity index (χ2v) is 4.27. The fourth-order valence-electron chi connectivity index (χ4n) is 1.83.